The number of ether oxygens (including phenoxy) is 1. The second kappa shape index (κ2) is 6.53. The van der Waals surface area contributed by atoms with Crippen molar-refractivity contribution in [1.82, 2.24) is 0 Å². The van der Waals surface area contributed by atoms with Gasteiger partial charge in [0.2, 0.25) is 0 Å². The summed E-state index contributed by atoms with van der Waals surface area (Å²) in [6.07, 6.45) is 1.83. The van der Waals surface area contributed by atoms with Gasteiger partial charge in [-0.15, -0.1) is 0 Å². The van der Waals surface area contributed by atoms with E-state index in [4.69, 9.17) is 10.5 Å². The number of benzene rings is 2. The van der Waals surface area contributed by atoms with E-state index in [-0.39, 0.29) is 6.04 Å². The number of hydrogen-bond donors (Lipinski definition) is 1. The summed E-state index contributed by atoms with van der Waals surface area (Å²) < 4.78 is 5.33. The number of nitrogens with two attached hydrogens (primary N) is 1. The Kier molecular flexibility index (Phi) is 4.73. The first-order chi connectivity index (χ1) is 8.79. The van der Waals surface area contributed by atoms with Crippen LogP contribution in [0.5, 0.6) is 0 Å². The van der Waals surface area contributed by atoms with Gasteiger partial charge >= 0.3 is 0 Å². The van der Waals surface area contributed by atoms with Crippen LogP contribution >= 0.6 is 0 Å². The van der Waals surface area contributed by atoms with E-state index in [1.165, 1.54) is 16.3 Å². The van der Waals surface area contributed by atoms with Crippen molar-refractivity contribution in [3.63, 3.8) is 0 Å². The highest BCUT2D eigenvalue weighted by molar-refractivity contribution is 5.82. The van der Waals surface area contributed by atoms with Gasteiger partial charge in [-0.05, 0) is 36.1 Å². The highest BCUT2D eigenvalue weighted by atomic mass is 16.5. The molecule has 0 aliphatic carbocycles. The molecule has 0 fully saturated rings. The summed E-state index contributed by atoms with van der Waals surface area (Å²) in [6, 6.07) is 15.2. The molecular formula is C16H21NO. The minimum absolute atomic E-state index is 0.178. The molecule has 0 amide bonds. The summed E-state index contributed by atoms with van der Waals surface area (Å²) in [5.74, 6) is 0. The molecular weight excluding hydrogens is 222 g/mol. The van der Waals surface area contributed by atoms with Crippen LogP contribution in [0.2, 0.25) is 0 Å². The predicted molar refractivity (Wildman–Crippen MR) is 76.7 cm³/mol. The van der Waals surface area contributed by atoms with Crippen LogP contribution in [-0.2, 0) is 11.2 Å². The van der Waals surface area contributed by atoms with E-state index in [2.05, 4.69) is 42.5 Å². The average molecular weight is 243 g/mol. The average Bonchev–Trinajstić information content (AvgIpc) is 2.39. The van der Waals surface area contributed by atoms with Crippen molar-refractivity contribution in [3.05, 3.63) is 48.0 Å². The Morgan fingerprint density at radius 2 is 1.89 bits per heavy atom. The van der Waals surface area contributed by atoms with Gasteiger partial charge in [0.15, 0.2) is 0 Å². The van der Waals surface area contributed by atoms with E-state index in [1.807, 2.05) is 6.92 Å². The second-order valence-corrected chi connectivity index (χ2v) is 4.63. The summed E-state index contributed by atoms with van der Waals surface area (Å²) in [4.78, 5) is 0. The molecule has 2 aromatic rings. The van der Waals surface area contributed by atoms with Crippen molar-refractivity contribution in [2.75, 3.05) is 13.2 Å². The molecule has 1 atom stereocenters. The van der Waals surface area contributed by atoms with E-state index < -0.39 is 0 Å². The van der Waals surface area contributed by atoms with Gasteiger partial charge in [0, 0.05) is 19.3 Å². The van der Waals surface area contributed by atoms with Crippen molar-refractivity contribution in [1.29, 1.82) is 0 Å². The molecule has 0 aromatic heterocycles. The van der Waals surface area contributed by atoms with E-state index in [1.54, 1.807) is 0 Å². The third-order valence-electron chi connectivity index (χ3n) is 3.15. The first-order valence-electron chi connectivity index (χ1n) is 6.60. The molecule has 96 valence electrons. The summed E-state index contributed by atoms with van der Waals surface area (Å²) in [5, 5.41) is 2.57. The molecule has 2 N–H and O–H groups in total. The van der Waals surface area contributed by atoms with Crippen LogP contribution in [0.3, 0.4) is 0 Å². The van der Waals surface area contributed by atoms with E-state index in [0.29, 0.717) is 0 Å². The number of fused-ring (bicyclic) bond motifs is 1. The minimum atomic E-state index is 0.178. The van der Waals surface area contributed by atoms with Gasteiger partial charge in [0.05, 0.1) is 0 Å². The third kappa shape index (κ3) is 3.56. The van der Waals surface area contributed by atoms with E-state index in [0.717, 1.165) is 26.1 Å². The molecule has 0 aliphatic heterocycles. The van der Waals surface area contributed by atoms with Crippen molar-refractivity contribution in [3.8, 4) is 0 Å². The van der Waals surface area contributed by atoms with Crippen molar-refractivity contribution in [2.24, 2.45) is 5.73 Å². The van der Waals surface area contributed by atoms with Gasteiger partial charge in [0.25, 0.3) is 0 Å². The summed E-state index contributed by atoms with van der Waals surface area (Å²) in [7, 11) is 0. The normalized spacial score (nSPS) is 12.8. The maximum atomic E-state index is 6.11. The van der Waals surface area contributed by atoms with Crippen LogP contribution in [0.25, 0.3) is 10.8 Å². The lowest BCUT2D eigenvalue weighted by atomic mass is 10.0. The van der Waals surface area contributed by atoms with Gasteiger partial charge in [-0.2, -0.15) is 0 Å². The Labute approximate surface area is 109 Å². The van der Waals surface area contributed by atoms with Gasteiger partial charge in [0.1, 0.15) is 0 Å². The maximum absolute atomic E-state index is 6.11. The smallest absolute Gasteiger partial charge is 0.0480 e. The zero-order valence-corrected chi connectivity index (χ0v) is 10.9. The molecule has 0 aliphatic rings. The molecule has 0 spiro atoms. The molecule has 2 rings (SSSR count). The Balaban J connectivity index is 1.98. The van der Waals surface area contributed by atoms with Crippen LogP contribution in [0.1, 0.15) is 18.9 Å². The van der Waals surface area contributed by atoms with Crippen LogP contribution in [0.15, 0.2) is 42.5 Å². The molecule has 2 heteroatoms. The van der Waals surface area contributed by atoms with Crippen LogP contribution in [0, 0.1) is 0 Å². The molecule has 0 bridgehead atoms. The molecule has 0 radical (unpaired) electrons. The molecule has 0 saturated carbocycles. The minimum Gasteiger partial charge on any atom is -0.382 e. The fourth-order valence-electron chi connectivity index (χ4n) is 2.15. The Morgan fingerprint density at radius 1 is 1.11 bits per heavy atom. The molecule has 2 aromatic carbocycles. The summed E-state index contributed by atoms with van der Waals surface area (Å²) >= 11 is 0. The van der Waals surface area contributed by atoms with Crippen molar-refractivity contribution < 1.29 is 4.74 Å². The molecule has 1 unspecified atom stereocenters. The van der Waals surface area contributed by atoms with Gasteiger partial charge in [-0.25, -0.2) is 0 Å². The Hall–Kier alpha value is -1.38. The highest BCUT2D eigenvalue weighted by Crippen LogP contribution is 2.16. The summed E-state index contributed by atoms with van der Waals surface area (Å²) in [6.45, 7) is 3.53. The monoisotopic (exact) mass is 243 g/mol. The third-order valence-corrected chi connectivity index (χ3v) is 3.15. The quantitative estimate of drug-likeness (QED) is 0.791. The standard InChI is InChI=1S/C16H21NO/c1-2-18-10-9-16(17)12-13-7-8-14-5-3-4-6-15(14)11-13/h3-8,11,16H,2,9-10,12,17H2,1H3. The fourth-order valence-corrected chi connectivity index (χ4v) is 2.15. The van der Waals surface area contributed by atoms with E-state index >= 15 is 0 Å². The Bertz CT molecular complexity index is 495. The van der Waals surface area contributed by atoms with Gasteiger partial charge in [-0.3, -0.25) is 0 Å². The van der Waals surface area contributed by atoms with Crippen LogP contribution in [-0.4, -0.2) is 19.3 Å². The fraction of sp³-hybridized carbons (Fsp3) is 0.375. The molecule has 18 heavy (non-hydrogen) atoms. The first-order valence-corrected chi connectivity index (χ1v) is 6.60. The van der Waals surface area contributed by atoms with Crippen molar-refractivity contribution >= 4 is 10.8 Å². The second-order valence-electron chi connectivity index (χ2n) is 4.63. The Morgan fingerprint density at radius 3 is 2.67 bits per heavy atom. The molecule has 0 heterocycles. The largest absolute Gasteiger partial charge is 0.382 e. The predicted octanol–water partition coefficient (Wildman–Crippen LogP) is 3.14. The number of rotatable bonds is 6. The van der Waals surface area contributed by atoms with E-state index in [9.17, 15) is 0 Å². The van der Waals surface area contributed by atoms with Gasteiger partial charge < -0.3 is 10.5 Å². The lowest BCUT2D eigenvalue weighted by molar-refractivity contribution is 0.140. The lowest BCUT2D eigenvalue weighted by Crippen LogP contribution is -2.24. The lowest BCUT2D eigenvalue weighted by Gasteiger charge is -2.12. The topological polar surface area (TPSA) is 35.2 Å². The van der Waals surface area contributed by atoms with Crippen molar-refractivity contribution in [2.45, 2.75) is 25.8 Å². The maximum Gasteiger partial charge on any atom is 0.0480 e. The molecule has 2 nitrogen and oxygen atoms in total. The zero-order valence-electron chi connectivity index (χ0n) is 10.9. The van der Waals surface area contributed by atoms with Gasteiger partial charge in [-0.1, -0.05) is 42.5 Å². The summed E-state index contributed by atoms with van der Waals surface area (Å²) in [5.41, 5.74) is 7.41. The highest BCUT2D eigenvalue weighted by Gasteiger charge is 2.04. The first kappa shape index (κ1) is 13.1. The number of hydrogen-bond acceptors (Lipinski definition) is 2. The van der Waals surface area contributed by atoms with Crippen LogP contribution in [0.4, 0.5) is 0 Å². The SMILES string of the molecule is CCOCCC(N)Cc1ccc2ccccc2c1. The zero-order chi connectivity index (χ0) is 12.8. The molecule has 0 saturated heterocycles. The van der Waals surface area contributed by atoms with Crippen LogP contribution < -0.4 is 5.73 Å².